The van der Waals surface area contributed by atoms with Crippen LogP contribution in [0.2, 0.25) is 0 Å². The zero-order valence-electron chi connectivity index (χ0n) is 17.8. The summed E-state index contributed by atoms with van der Waals surface area (Å²) < 4.78 is 20.3. The molecule has 1 aliphatic rings. The minimum absolute atomic E-state index is 0.364. The van der Waals surface area contributed by atoms with Crippen LogP contribution in [0.15, 0.2) is 55.0 Å². The minimum atomic E-state index is -0.584. The van der Waals surface area contributed by atoms with E-state index in [1.54, 1.807) is 37.7 Å². The number of nitrogens with two attached hydrogens (primary N) is 1. The summed E-state index contributed by atoms with van der Waals surface area (Å²) in [5.74, 6) is 7.53. The quantitative estimate of drug-likeness (QED) is 0.391. The average molecular weight is 429 g/mol. The van der Waals surface area contributed by atoms with Crippen molar-refractivity contribution >= 4 is 11.9 Å². The van der Waals surface area contributed by atoms with E-state index in [0.29, 0.717) is 42.2 Å². The SMILES string of the molecule is C=CCc1cnc(C(N/C2=C/c3ccnc(N)c3CC#CC2)c2cc(OC)ccc2F)[nH]1. The van der Waals surface area contributed by atoms with Gasteiger partial charge in [0.15, 0.2) is 0 Å². The molecule has 1 unspecified atom stereocenters. The Morgan fingerprint density at radius 3 is 2.97 bits per heavy atom. The molecule has 0 amide bonds. The fourth-order valence-corrected chi connectivity index (χ4v) is 3.62. The number of hydrogen-bond donors (Lipinski definition) is 3. The van der Waals surface area contributed by atoms with Gasteiger partial charge in [-0.3, -0.25) is 0 Å². The first-order valence-electron chi connectivity index (χ1n) is 10.2. The third-order valence-corrected chi connectivity index (χ3v) is 5.25. The van der Waals surface area contributed by atoms with Gasteiger partial charge in [-0.05, 0) is 35.9 Å². The molecule has 6 nitrogen and oxygen atoms in total. The molecule has 7 heteroatoms. The lowest BCUT2D eigenvalue weighted by Crippen LogP contribution is -2.24. The number of halogens is 1. The van der Waals surface area contributed by atoms with Crippen LogP contribution in [0.25, 0.3) is 6.08 Å². The molecule has 0 saturated heterocycles. The summed E-state index contributed by atoms with van der Waals surface area (Å²) in [7, 11) is 1.55. The van der Waals surface area contributed by atoms with Gasteiger partial charge in [0.2, 0.25) is 0 Å². The number of H-pyrrole nitrogens is 1. The summed E-state index contributed by atoms with van der Waals surface area (Å²) in [6, 6.07) is 5.97. The first kappa shape index (κ1) is 21.2. The second-order valence-electron chi connectivity index (χ2n) is 7.39. The topological polar surface area (TPSA) is 88.8 Å². The number of rotatable bonds is 7. The third kappa shape index (κ3) is 4.49. The molecule has 0 radical (unpaired) electrons. The van der Waals surface area contributed by atoms with Gasteiger partial charge in [0, 0.05) is 54.2 Å². The van der Waals surface area contributed by atoms with E-state index < -0.39 is 6.04 Å². The monoisotopic (exact) mass is 429 g/mol. The molecule has 0 aliphatic heterocycles. The Balaban J connectivity index is 1.78. The predicted octanol–water partition coefficient (Wildman–Crippen LogP) is 3.93. The van der Waals surface area contributed by atoms with E-state index in [4.69, 9.17) is 10.5 Å². The third-order valence-electron chi connectivity index (χ3n) is 5.25. The number of allylic oxidation sites excluding steroid dienone is 2. The predicted molar refractivity (Wildman–Crippen MR) is 123 cm³/mol. The molecular weight excluding hydrogens is 405 g/mol. The van der Waals surface area contributed by atoms with Crippen LogP contribution < -0.4 is 15.8 Å². The molecule has 3 aromatic rings. The number of ether oxygens (including phenoxy) is 1. The fourth-order valence-electron chi connectivity index (χ4n) is 3.62. The normalized spacial score (nSPS) is 15.1. The maximum atomic E-state index is 15.0. The Morgan fingerprint density at radius 2 is 2.16 bits per heavy atom. The molecule has 0 saturated carbocycles. The van der Waals surface area contributed by atoms with Crippen LogP contribution in [-0.4, -0.2) is 22.1 Å². The summed E-state index contributed by atoms with van der Waals surface area (Å²) in [5.41, 5.74) is 10.00. The van der Waals surface area contributed by atoms with Gasteiger partial charge in [0.05, 0.1) is 7.11 Å². The van der Waals surface area contributed by atoms with Crippen molar-refractivity contribution in [2.45, 2.75) is 25.3 Å². The molecule has 0 bridgehead atoms. The summed E-state index contributed by atoms with van der Waals surface area (Å²) in [6.07, 6.45) is 8.82. The van der Waals surface area contributed by atoms with Crippen LogP contribution >= 0.6 is 0 Å². The number of anilines is 1. The number of hydrogen-bond acceptors (Lipinski definition) is 5. The molecule has 2 aromatic heterocycles. The van der Waals surface area contributed by atoms with Gasteiger partial charge in [-0.1, -0.05) is 17.9 Å². The molecule has 32 heavy (non-hydrogen) atoms. The maximum absolute atomic E-state index is 15.0. The summed E-state index contributed by atoms with van der Waals surface area (Å²) in [5, 5.41) is 3.45. The number of methoxy groups -OCH3 is 1. The van der Waals surface area contributed by atoms with E-state index in [9.17, 15) is 4.39 Å². The Hall–Kier alpha value is -4.05. The Kier molecular flexibility index (Phi) is 6.22. The highest BCUT2D eigenvalue weighted by Crippen LogP contribution is 2.29. The standard InChI is InChI=1S/C25H24FN5O/c1-3-6-18-15-29-25(31-18)23(21-14-19(32-2)9-10-22(21)26)30-17-7-4-5-8-20-16(13-17)11-12-28-24(20)27/h3,9-15,23,30H,1,6-8H2,2H3,(H2,27,28)(H,29,31)/b17-13+. The van der Waals surface area contributed by atoms with Crippen LogP contribution in [0, 0.1) is 17.7 Å². The zero-order valence-corrected chi connectivity index (χ0v) is 17.8. The molecule has 4 rings (SSSR count). The first-order chi connectivity index (χ1) is 15.6. The van der Waals surface area contributed by atoms with Crippen molar-refractivity contribution in [2.75, 3.05) is 12.8 Å². The highest BCUT2D eigenvalue weighted by atomic mass is 19.1. The average Bonchev–Trinajstić information content (AvgIpc) is 3.23. The van der Waals surface area contributed by atoms with Crippen molar-refractivity contribution < 1.29 is 9.13 Å². The highest BCUT2D eigenvalue weighted by Gasteiger charge is 2.23. The number of benzene rings is 1. The molecule has 2 heterocycles. The molecule has 1 atom stereocenters. The van der Waals surface area contributed by atoms with E-state index in [1.165, 1.54) is 6.07 Å². The highest BCUT2D eigenvalue weighted by molar-refractivity contribution is 5.63. The molecule has 162 valence electrons. The number of imidazole rings is 1. The number of aromatic nitrogens is 3. The van der Waals surface area contributed by atoms with Gasteiger partial charge >= 0.3 is 0 Å². The van der Waals surface area contributed by atoms with Gasteiger partial charge < -0.3 is 20.8 Å². The number of nitrogens with zero attached hydrogens (tertiary/aromatic N) is 2. The fraction of sp³-hybridized carbons (Fsp3) is 0.200. The largest absolute Gasteiger partial charge is 0.497 e. The molecule has 4 N–H and O–H groups in total. The number of pyridine rings is 1. The maximum Gasteiger partial charge on any atom is 0.133 e. The second-order valence-corrected chi connectivity index (χ2v) is 7.39. The molecule has 1 aliphatic carbocycles. The molecular formula is C25H24FN5O. The smallest absolute Gasteiger partial charge is 0.133 e. The first-order valence-corrected chi connectivity index (χ1v) is 10.2. The van der Waals surface area contributed by atoms with Gasteiger partial charge in [0.25, 0.3) is 0 Å². The summed E-state index contributed by atoms with van der Waals surface area (Å²) in [6.45, 7) is 3.77. The van der Waals surface area contributed by atoms with Gasteiger partial charge in [-0.2, -0.15) is 0 Å². The van der Waals surface area contributed by atoms with Gasteiger partial charge in [0.1, 0.15) is 29.3 Å². The lowest BCUT2D eigenvalue weighted by Gasteiger charge is -2.22. The van der Waals surface area contributed by atoms with E-state index in [1.807, 2.05) is 12.1 Å². The number of aromatic amines is 1. The van der Waals surface area contributed by atoms with Crippen LogP contribution in [0.4, 0.5) is 10.2 Å². The van der Waals surface area contributed by atoms with E-state index in [0.717, 1.165) is 22.5 Å². The Morgan fingerprint density at radius 1 is 1.31 bits per heavy atom. The Labute approximate surface area is 186 Å². The molecule has 1 aromatic carbocycles. The van der Waals surface area contributed by atoms with E-state index in [-0.39, 0.29) is 5.82 Å². The molecule has 0 spiro atoms. The van der Waals surface area contributed by atoms with Crippen molar-refractivity contribution in [1.82, 2.24) is 20.3 Å². The van der Waals surface area contributed by atoms with Crippen molar-refractivity contribution in [3.8, 4) is 17.6 Å². The number of fused-ring (bicyclic) bond motifs is 1. The minimum Gasteiger partial charge on any atom is -0.497 e. The van der Waals surface area contributed by atoms with Crippen LogP contribution in [-0.2, 0) is 12.8 Å². The Bertz CT molecular complexity index is 1230. The number of nitrogens with one attached hydrogen (secondary N) is 2. The lowest BCUT2D eigenvalue weighted by molar-refractivity contribution is 0.411. The zero-order chi connectivity index (χ0) is 22.5. The molecule has 0 fully saturated rings. The van der Waals surface area contributed by atoms with E-state index in [2.05, 4.69) is 38.7 Å². The number of nitrogen functional groups attached to an aromatic ring is 1. The van der Waals surface area contributed by atoms with Crippen LogP contribution in [0.5, 0.6) is 5.75 Å². The van der Waals surface area contributed by atoms with Crippen LogP contribution in [0.1, 0.15) is 40.7 Å². The summed E-state index contributed by atoms with van der Waals surface area (Å²) >= 11 is 0. The summed E-state index contributed by atoms with van der Waals surface area (Å²) in [4.78, 5) is 12.0. The van der Waals surface area contributed by atoms with E-state index >= 15 is 0 Å². The van der Waals surface area contributed by atoms with Crippen LogP contribution in [0.3, 0.4) is 0 Å². The van der Waals surface area contributed by atoms with Crippen molar-refractivity contribution in [1.29, 1.82) is 0 Å². The van der Waals surface area contributed by atoms with Crippen molar-refractivity contribution in [3.63, 3.8) is 0 Å². The van der Waals surface area contributed by atoms with Gasteiger partial charge in [-0.25, -0.2) is 14.4 Å². The van der Waals surface area contributed by atoms with Crippen molar-refractivity contribution in [3.05, 3.63) is 89.0 Å². The second kappa shape index (κ2) is 9.40. The van der Waals surface area contributed by atoms with Crippen molar-refractivity contribution in [2.24, 2.45) is 0 Å². The lowest BCUT2D eigenvalue weighted by atomic mass is 10.0. The van der Waals surface area contributed by atoms with Gasteiger partial charge in [-0.15, -0.1) is 6.58 Å².